The van der Waals surface area contributed by atoms with E-state index >= 15 is 0 Å². The Morgan fingerprint density at radius 3 is 2.55 bits per heavy atom. The maximum Gasteiger partial charge on any atom is 0.260 e. The van der Waals surface area contributed by atoms with Gasteiger partial charge in [0.05, 0.1) is 30.2 Å². The van der Waals surface area contributed by atoms with Crippen molar-refractivity contribution in [2.24, 2.45) is 0 Å². The number of rotatable bonds is 5. The topological polar surface area (TPSA) is 64.7 Å². The van der Waals surface area contributed by atoms with Crippen LogP contribution < -0.4 is 5.32 Å². The summed E-state index contributed by atoms with van der Waals surface area (Å²) in [6.45, 7) is 3.32. The third kappa shape index (κ3) is 3.94. The Bertz CT molecular complexity index is 1280. The van der Waals surface area contributed by atoms with E-state index in [1.165, 1.54) is 27.8 Å². The number of hydrogen-bond acceptors (Lipinski definition) is 3. The van der Waals surface area contributed by atoms with E-state index in [0.29, 0.717) is 17.1 Å². The van der Waals surface area contributed by atoms with Gasteiger partial charge in [-0.1, -0.05) is 12.1 Å². The van der Waals surface area contributed by atoms with Gasteiger partial charge in [-0.2, -0.15) is 10.2 Å². The smallest absolute Gasteiger partial charge is 0.260 e. The zero-order valence-electron chi connectivity index (χ0n) is 16.7. The van der Waals surface area contributed by atoms with Crippen LogP contribution in [0.3, 0.4) is 0 Å². The van der Waals surface area contributed by atoms with Gasteiger partial charge >= 0.3 is 0 Å². The monoisotopic (exact) mass is 425 g/mol. The molecule has 2 aromatic carbocycles. The van der Waals surface area contributed by atoms with Gasteiger partial charge in [-0.05, 0) is 44.2 Å². The summed E-state index contributed by atoms with van der Waals surface area (Å²) in [7, 11) is 0. The summed E-state index contributed by atoms with van der Waals surface area (Å²) in [6, 6.07) is 9.27. The number of carbonyl (C=O) groups excluding carboxylic acids is 1. The molecular formula is C22H18F3N5O. The number of amides is 1. The first-order chi connectivity index (χ1) is 14.8. The van der Waals surface area contributed by atoms with Gasteiger partial charge in [-0.25, -0.2) is 22.5 Å². The lowest BCUT2D eigenvalue weighted by atomic mass is 10.2. The maximum atomic E-state index is 14.1. The molecule has 158 valence electrons. The molecule has 1 N–H and O–H groups in total. The van der Waals surface area contributed by atoms with Crippen LogP contribution in [0.5, 0.6) is 0 Å². The molecule has 2 heterocycles. The molecule has 1 amide bonds. The SMILES string of the molecule is Cc1cnn(Cc2cc(F)ccc2F)c1NC(=O)c1cnn(-c2ccccc2F)c1C. The Morgan fingerprint density at radius 2 is 1.77 bits per heavy atom. The van der Waals surface area contributed by atoms with Gasteiger partial charge in [0.25, 0.3) is 5.91 Å². The van der Waals surface area contributed by atoms with Crippen LogP contribution in [0.15, 0.2) is 54.9 Å². The molecule has 31 heavy (non-hydrogen) atoms. The van der Waals surface area contributed by atoms with E-state index in [0.717, 1.165) is 18.2 Å². The van der Waals surface area contributed by atoms with Crippen LogP contribution in [-0.2, 0) is 6.54 Å². The Hall–Kier alpha value is -3.88. The number of aryl methyl sites for hydroxylation is 1. The number of carbonyl (C=O) groups is 1. The number of benzene rings is 2. The lowest BCUT2D eigenvalue weighted by Crippen LogP contribution is -2.18. The van der Waals surface area contributed by atoms with Gasteiger partial charge in [0.2, 0.25) is 0 Å². The highest BCUT2D eigenvalue weighted by molar-refractivity contribution is 6.04. The van der Waals surface area contributed by atoms with Crippen LogP contribution >= 0.6 is 0 Å². The van der Waals surface area contributed by atoms with Crippen LogP contribution in [0.2, 0.25) is 0 Å². The highest BCUT2D eigenvalue weighted by Crippen LogP contribution is 2.21. The van der Waals surface area contributed by atoms with Crippen molar-refractivity contribution in [3.05, 3.63) is 94.7 Å². The average molecular weight is 425 g/mol. The molecule has 0 aliphatic carbocycles. The van der Waals surface area contributed by atoms with E-state index in [9.17, 15) is 18.0 Å². The largest absolute Gasteiger partial charge is 0.306 e. The van der Waals surface area contributed by atoms with E-state index in [-0.39, 0.29) is 23.4 Å². The first-order valence-corrected chi connectivity index (χ1v) is 9.42. The summed E-state index contributed by atoms with van der Waals surface area (Å²) in [6.07, 6.45) is 2.86. The molecule has 2 aromatic heterocycles. The van der Waals surface area contributed by atoms with E-state index in [1.807, 2.05) is 0 Å². The predicted octanol–water partition coefficient (Wildman–Crippen LogP) is 4.40. The number of nitrogens with one attached hydrogen (secondary N) is 1. The third-order valence-electron chi connectivity index (χ3n) is 4.92. The van der Waals surface area contributed by atoms with Crippen LogP contribution in [-0.4, -0.2) is 25.5 Å². The maximum absolute atomic E-state index is 14.1. The summed E-state index contributed by atoms with van der Waals surface area (Å²) < 4.78 is 44.4. The lowest BCUT2D eigenvalue weighted by molar-refractivity contribution is 0.102. The van der Waals surface area contributed by atoms with Crippen LogP contribution in [0.25, 0.3) is 5.69 Å². The van der Waals surface area contributed by atoms with Gasteiger partial charge in [-0.3, -0.25) is 4.79 Å². The fraction of sp³-hybridized carbons (Fsp3) is 0.136. The molecule has 0 saturated heterocycles. The fourth-order valence-corrected chi connectivity index (χ4v) is 3.26. The summed E-state index contributed by atoms with van der Waals surface area (Å²) >= 11 is 0. The van der Waals surface area contributed by atoms with Crippen molar-refractivity contribution in [1.82, 2.24) is 19.6 Å². The minimum Gasteiger partial charge on any atom is -0.306 e. The second-order valence-corrected chi connectivity index (χ2v) is 7.03. The Kier molecular flexibility index (Phi) is 5.33. The molecule has 0 radical (unpaired) electrons. The van der Waals surface area contributed by atoms with Gasteiger partial charge in [0.1, 0.15) is 29.0 Å². The second kappa shape index (κ2) is 8.10. The van der Waals surface area contributed by atoms with E-state index in [1.54, 1.807) is 32.0 Å². The van der Waals surface area contributed by atoms with Gasteiger partial charge in [-0.15, -0.1) is 0 Å². The summed E-state index contributed by atoms with van der Waals surface area (Å²) in [4.78, 5) is 12.9. The van der Waals surface area contributed by atoms with Crippen molar-refractivity contribution in [3.63, 3.8) is 0 Å². The number of para-hydroxylation sites is 1. The minimum atomic E-state index is -0.575. The first-order valence-electron chi connectivity index (χ1n) is 9.42. The highest BCUT2D eigenvalue weighted by Gasteiger charge is 2.20. The number of aromatic nitrogens is 4. The normalized spacial score (nSPS) is 11.0. The summed E-state index contributed by atoms with van der Waals surface area (Å²) in [5.41, 5.74) is 1.66. The molecule has 6 nitrogen and oxygen atoms in total. The fourth-order valence-electron chi connectivity index (χ4n) is 3.26. The number of nitrogens with zero attached hydrogens (tertiary/aromatic N) is 4. The van der Waals surface area contributed by atoms with Gasteiger partial charge in [0, 0.05) is 11.1 Å². The Morgan fingerprint density at radius 1 is 1.00 bits per heavy atom. The van der Waals surface area contributed by atoms with Crippen LogP contribution in [0.1, 0.15) is 27.2 Å². The molecular weight excluding hydrogens is 407 g/mol. The standard InChI is InChI=1S/C22H18F3N5O/c1-13-10-26-29(12-15-9-16(23)7-8-18(15)24)21(13)28-22(31)17-11-27-30(14(17)2)20-6-4-3-5-19(20)25/h3-11H,12H2,1-2H3,(H,28,31). The molecule has 0 bridgehead atoms. The number of halogens is 3. The van der Waals surface area contributed by atoms with Crippen molar-refractivity contribution in [3.8, 4) is 5.69 Å². The predicted molar refractivity (Wildman–Crippen MR) is 109 cm³/mol. The van der Waals surface area contributed by atoms with Crippen molar-refractivity contribution < 1.29 is 18.0 Å². The molecule has 0 unspecified atom stereocenters. The van der Waals surface area contributed by atoms with Gasteiger partial charge in [0.15, 0.2) is 0 Å². The molecule has 0 fully saturated rings. The number of hydrogen-bond donors (Lipinski definition) is 1. The molecule has 4 aromatic rings. The van der Waals surface area contributed by atoms with Crippen molar-refractivity contribution >= 4 is 11.7 Å². The molecule has 0 spiro atoms. The second-order valence-electron chi connectivity index (χ2n) is 7.03. The minimum absolute atomic E-state index is 0.0689. The van der Waals surface area contributed by atoms with E-state index < -0.39 is 23.4 Å². The average Bonchev–Trinajstić information content (AvgIpc) is 3.28. The van der Waals surface area contributed by atoms with Crippen molar-refractivity contribution in [2.45, 2.75) is 20.4 Å². The zero-order chi connectivity index (χ0) is 22.1. The molecule has 4 rings (SSSR count). The molecule has 0 aliphatic rings. The molecule has 9 heteroatoms. The van der Waals surface area contributed by atoms with Crippen molar-refractivity contribution in [1.29, 1.82) is 0 Å². The van der Waals surface area contributed by atoms with Crippen molar-refractivity contribution in [2.75, 3.05) is 5.32 Å². The number of anilines is 1. The third-order valence-corrected chi connectivity index (χ3v) is 4.92. The molecule has 0 saturated carbocycles. The van der Waals surface area contributed by atoms with Crippen LogP contribution in [0, 0.1) is 31.3 Å². The van der Waals surface area contributed by atoms with Gasteiger partial charge < -0.3 is 5.32 Å². The highest BCUT2D eigenvalue weighted by atomic mass is 19.1. The summed E-state index contributed by atoms with van der Waals surface area (Å²) in [5, 5.41) is 11.0. The molecule has 0 aliphatic heterocycles. The van der Waals surface area contributed by atoms with Crippen LogP contribution in [0.4, 0.5) is 19.0 Å². The Balaban J connectivity index is 1.61. The first kappa shape index (κ1) is 20.4. The van der Waals surface area contributed by atoms with E-state index in [2.05, 4.69) is 15.5 Å². The summed E-state index contributed by atoms with van der Waals surface area (Å²) in [5.74, 6) is -1.75. The van der Waals surface area contributed by atoms with E-state index in [4.69, 9.17) is 0 Å². The quantitative estimate of drug-likeness (QED) is 0.515. The zero-order valence-corrected chi connectivity index (χ0v) is 16.7. The lowest BCUT2D eigenvalue weighted by Gasteiger charge is -2.11. The Labute approximate surface area is 175 Å². The molecule has 0 atom stereocenters.